The van der Waals surface area contributed by atoms with Crippen LogP contribution in [0.3, 0.4) is 0 Å². The predicted octanol–water partition coefficient (Wildman–Crippen LogP) is 2.29. The summed E-state index contributed by atoms with van der Waals surface area (Å²) in [5.74, 6) is 3.05. The Bertz CT molecular complexity index is 749. The minimum Gasteiger partial charge on any atom is -0.338 e. The number of rotatable bonds is 6. The highest BCUT2D eigenvalue weighted by atomic mass is 32.2. The highest BCUT2D eigenvalue weighted by Gasteiger charge is 2.38. The second kappa shape index (κ2) is 7.72. The van der Waals surface area contributed by atoms with Crippen molar-refractivity contribution in [1.29, 1.82) is 0 Å². The van der Waals surface area contributed by atoms with Gasteiger partial charge in [-0.25, -0.2) is 9.07 Å². The van der Waals surface area contributed by atoms with Crippen molar-refractivity contribution in [2.45, 2.75) is 24.8 Å². The molecule has 2 N–H and O–H groups in total. The zero-order chi connectivity index (χ0) is 18.6. The van der Waals surface area contributed by atoms with E-state index in [-0.39, 0.29) is 23.4 Å². The van der Waals surface area contributed by atoms with E-state index >= 15 is 0 Å². The third kappa shape index (κ3) is 4.84. The van der Waals surface area contributed by atoms with Crippen LogP contribution in [0.2, 0.25) is 0 Å². The first-order chi connectivity index (χ1) is 11.7. The van der Waals surface area contributed by atoms with Gasteiger partial charge in [0.2, 0.25) is 11.1 Å². The Hall–Kier alpha value is -2.30. The third-order valence-electron chi connectivity index (χ3n) is 3.24. The van der Waals surface area contributed by atoms with Crippen molar-refractivity contribution in [3.05, 3.63) is 41.5 Å². The second-order valence-electron chi connectivity index (χ2n) is 5.00. The summed E-state index contributed by atoms with van der Waals surface area (Å²) in [6.07, 6.45) is -4.72. The molecule has 0 aliphatic rings. The molecule has 0 radical (unpaired) electrons. The maximum atomic E-state index is 13.2. The molecule has 1 heterocycles. The van der Waals surface area contributed by atoms with Gasteiger partial charge in [-0.15, -0.1) is 10.2 Å². The van der Waals surface area contributed by atoms with Gasteiger partial charge in [0, 0.05) is 13.1 Å². The van der Waals surface area contributed by atoms with Crippen molar-refractivity contribution >= 4 is 17.7 Å². The molecule has 0 spiro atoms. The van der Waals surface area contributed by atoms with E-state index in [9.17, 15) is 22.4 Å². The quantitative estimate of drug-likeness (QED) is 0.475. The van der Waals surface area contributed by atoms with Crippen molar-refractivity contribution in [2.75, 3.05) is 18.1 Å². The maximum absolute atomic E-state index is 13.2. The molecule has 0 unspecified atom stereocenters. The van der Waals surface area contributed by atoms with Crippen LogP contribution in [0.15, 0.2) is 29.4 Å². The number of amides is 1. The lowest BCUT2D eigenvalue weighted by Crippen LogP contribution is -2.32. The maximum Gasteiger partial charge on any atom is 0.453 e. The molecule has 1 amide bonds. The summed E-state index contributed by atoms with van der Waals surface area (Å²) in [5.41, 5.74) is 0.613. The van der Waals surface area contributed by atoms with E-state index in [1.165, 1.54) is 23.1 Å². The van der Waals surface area contributed by atoms with Gasteiger partial charge in [0.1, 0.15) is 5.82 Å². The lowest BCUT2D eigenvalue weighted by atomic mass is 10.2. The molecule has 2 rings (SSSR count). The number of nitrogens with two attached hydrogens (primary N) is 1. The van der Waals surface area contributed by atoms with Gasteiger partial charge in [-0.3, -0.25) is 4.79 Å². The van der Waals surface area contributed by atoms with Crippen LogP contribution in [0.4, 0.5) is 17.6 Å². The van der Waals surface area contributed by atoms with Crippen molar-refractivity contribution in [1.82, 2.24) is 19.8 Å². The number of carbonyl (C=O) groups is 1. The minimum absolute atomic E-state index is 0.170. The number of nitrogens with zero attached hydrogens (tertiary/aromatic N) is 4. The number of thioether (sulfide) groups is 1. The van der Waals surface area contributed by atoms with Crippen LogP contribution in [-0.4, -0.2) is 38.0 Å². The van der Waals surface area contributed by atoms with E-state index in [4.69, 9.17) is 5.84 Å². The van der Waals surface area contributed by atoms with Crippen LogP contribution in [0, 0.1) is 5.82 Å². The topological polar surface area (TPSA) is 77.0 Å². The second-order valence-corrected chi connectivity index (χ2v) is 5.94. The van der Waals surface area contributed by atoms with Crippen LogP contribution in [0.5, 0.6) is 0 Å². The molecule has 0 aliphatic heterocycles. The molecule has 0 atom stereocenters. The van der Waals surface area contributed by atoms with E-state index in [1.807, 2.05) is 0 Å². The molecule has 0 bridgehead atoms. The highest BCUT2D eigenvalue weighted by molar-refractivity contribution is 7.99. The first kappa shape index (κ1) is 19.0. The number of hydrogen-bond donors (Lipinski definition) is 1. The van der Waals surface area contributed by atoms with E-state index in [0.717, 1.165) is 11.8 Å². The first-order valence-corrected chi connectivity index (χ1v) is 8.13. The number of benzene rings is 1. The molecule has 1 aromatic heterocycles. The molecule has 0 saturated heterocycles. The number of nitrogen functional groups attached to an aromatic ring is 1. The number of alkyl halides is 3. The number of halogens is 4. The van der Waals surface area contributed by atoms with E-state index < -0.39 is 17.8 Å². The average Bonchev–Trinajstić information content (AvgIpc) is 2.91. The number of hydrogen-bond acceptors (Lipinski definition) is 5. The van der Waals surface area contributed by atoms with Gasteiger partial charge >= 0.3 is 6.18 Å². The van der Waals surface area contributed by atoms with Gasteiger partial charge in [-0.2, -0.15) is 13.2 Å². The Morgan fingerprint density at radius 1 is 1.36 bits per heavy atom. The molecule has 11 heteroatoms. The number of aromatic nitrogens is 3. The zero-order valence-corrected chi connectivity index (χ0v) is 13.9. The fourth-order valence-electron chi connectivity index (χ4n) is 2.02. The molecule has 0 fully saturated rings. The molecular formula is C14H15F4N5OS. The van der Waals surface area contributed by atoms with E-state index in [1.54, 1.807) is 13.0 Å². The van der Waals surface area contributed by atoms with Crippen molar-refractivity contribution < 1.29 is 22.4 Å². The fraction of sp³-hybridized carbons (Fsp3) is 0.357. The van der Waals surface area contributed by atoms with Crippen LogP contribution >= 0.6 is 11.8 Å². The summed E-state index contributed by atoms with van der Waals surface area (Å²) in [4.78, 5) is 13.7. The standard InChI is InChI=1S/C14H15F4N5OS/c1-2-22(7-9-4-3-5-10(15)6-9)11(24)8-25-13-21-20-12(23(13)19)14(16,17)18/h3-6H,2,7-8,19H2,1H3. The van der Waals surface area contributed by atoms with E-state index in [0.29, 0.717) is 16.8 Å². The third-order valence-corrected chi connectivity index (χ3v) is 4.17. The summed E-state index contributed by atoms with van der Waals surface area (Å²) in [6.45, 7) is 2.30. The monoisotopic (exact) mass is 377 g/mol. The Morgan fingerprint density at radius 2 is 2.08 bits per heavy atom. The summed E-state index contributed by atoms with van der Waals surface area (Å²) in [5, 5.41) is 6.11. The Labute approximate surface area is 145 Å². The summed E-state index contributed by atoms with van der Waals surface area (Å²) in [7, 11) is 0. The SMILES string of the molecule is CCN(Cc1cccc(F)c1)C(=O)CSc1nnc(C(F)(F)F)n1N. The van der Waals surface area contributed by atoms with Gasteiger partial charge in [0.25, 0.3) is 5.82 Å². The van der Waals surface area contributed by atoms with Crippen LogP contribution in [0.1, 0.15) is 18.3 Å². The van der Waals surface area contributed by atoms with Crippen LogP contribution < -0.4 is 5.84 Å². The molecule has 25 heavy (non-hydrogen) atoms. The fourth-order valence-corrected chi connectivity index (χ4v) is 2.78. The Balaban J connectivity index is 2.00. The van der Waals surface area contributed by atoms with Crippen LogP contribution in [0.25, 0.3) is 0 Å². The van der Waals surface area contributed by atoms with Crippen molar-refractivity contribution in [3.63, 3.8) is 0 Å². The summed E-state index contributed by atoms with van der Waals surface area (Å²) in [6, 6.07) is 5.82. The van der Waals surface area contributed by atoms with Gasteiger partial charge < -0.3 is 10.7 Å². The summed E-state index contributed by atoms with van der Waals surface area (Å²) >= 11 is 0.749. The minimum atomic E-state index is -4.72. The lowest BCUT2D eigenvalue weighted by molar-refractivity contribution is -0.146. The normalized spacial score (nSPS) is 11.6. The molecule has 0 aliphatic carbocycles. The Morgan fingerprint density at radius 3 is 2.64 bits per heavy atom. The van der Waals surface area contributed by atoms with Crippen molar-refractivity contribution in [3.8, 4) is 0 Å². The van der Waals surface area contributed by atoms with Gasteiger partial charge in [-0.05, 0) is 24.6 Å². The smallest absolute Gasteiger partial charge is 0.338 e. The molecular weight excluding hydrogens is 362 g/mol. The Kier molecular flexibility index (Phi) is 5.88. The van der Waals surface area contributed by atoms with Gasteiger partial charge in [0.15, 0.2) is 0 Å². The van der Waals surface area contributed by atoms with Crippen molar-refractivity contribution in [2.24, 2.45) is 0 Å². The molecule has 1 aromatic carbocycles. The largest absolute Gasteiger partial charge is 0.453 e. The van der Waals surface area contributed by atoms with E-state index in [2.05, 4.69) is 10.2 Å². The predicted molar refractivity (Wildman–Crippen MR) is 83.4 cm³/mol. The zero-order valence-electron chi connectivity index (χ0n) is 13.1. The van der Waals surface area contributed by atoms with Crippen LogP contribution in [-0.2, 0) is 17.5 Å². The average molecular weight is 377 g/mol. The highest BCUT2D eigenvalue weighted by Crippen LogP contribution is 2.28. The molecule has 2 aromatic rings. The molecule has 136 valence electrons. The number of carbonyl (C=O) groups excluding carboxylic acids is 1. The molecule has 0 saturated carbocycles. The van der Waals surface area contributed by atoms with Gasteiger partial charge in [-0.1, -0.05) is 23.9 Å². The van der Waals surface area contributed by atoms with Gasteiger partial charge in [0.05, 0.1) is 5.75 Å². The summed E-state index contributed by atoms with van der Waals surface area (Å²) < 4.78 is 51.3. The lowest BCUT2D eigenvalue weighted by Gasteiger charge is -2.20. The first-order valence-electron chi connectivity index (χ1n) is 7.15. The molecule has 6 nitrogen and oxygen atoms in total.